The summed E-state index contributed by atoms with van der Waals surface area (Å²) >= 11 is 0. The van der Waals surface area contributed by atoms with Gasteiger partial charge < -0.3 is 17.7 Å². The first-order chi connectivity index (χ1) is 6.81. The summed E-state index contributed by atoms with van der Waals surface area (Å²) in [6.45, 7) is 4.80. The van der Waals surface area contributed by atoms with Gasteiger partial charge in [-0.25, -0.2) is 0 Å². The van der Waals surface area contributed by atoms with Crippen LogP contribution < -0.4 is 17.7 Å². The molecule has 1 aliphatic heterocycles. The van der Waals surface area contributed by atoms with E-state index in [1.807, 2.05) is 0 Å². The molecule has 2 rings (SSSR count). The quantitative estimate of drug-likeness (QED) is 0.649. The van der Waals surface area contributed by atoms with Gasteiger partial charge in [0.2, 0.25) is 0 Å². The predicted molar refractivity (Wildman–Crippen MR) is 60.1 cm³/mol. The summed E-state index contributed by atoms with van der Waals surface area (Å²) in [6, 6.07) is 1.95. The van der Waals surface area contributed by atoms with E-state index in [1.54, 1.807) is 0 Å². The topological polar surface area (TPSA) is 16.6 Å². The molecule has 1 nitrogen and oxygen atoms in total. The summed E-state index contributed by atoms with van der Waals surface area (Å²) in [7, 11) is 0. The van der Waals surface area contributed by atoms with Crippen LogP contribution in [-0.2, 0) is 0 Å². The summed E-state index contributed by atoms with van der Waals surface area (Å²) < 4.78 is 0. The molecule has 0 aromatic rings. The van der Waals surface area contributed by atoms with Gasteiger partial charge in [-0.1, -0.05) is 20.3 Å². The van der Waals surface area contributed by atoms with Crippen LogP contribution in [0.3, 0.4) is 0 Å². The Kier molecular flexibility index (Phi) is 5.42. The highest BCUT2D eigenvalue weighted by atomic mass is 35.5. The Bertz CT molecular complexity index is 183. The van der Waals surface area contributed by atoms with Crippen LogP contribution in [0.1, 0.15) is 58.8 Å². The fraction of sp³-hybridized carbons (Fsp3) is 1.00. The number of halogens is 1. The number of hydrogen-bond donors (Lipinski definition) is 1. The molecule has 90 valence electrons. The van der Waals surface area contributed by atoms with Gasteiger partial charge in [0.05, 0.1) is 12.1 Å². The summed E-state index contributed by atoms with van der Waals surface area (Å²) in [6.07, 6.45) is 10.3. The summed E-state index contributed by atoms with van der Waals surface area (Å²) in [5, 5.41) is 2.73. The van der Waals surface area contributed by atoms with E-state index in [4.69, 9.17) is 0 Å². The molecular weight excluding hydrogens is 206 g/mol. The van der Waals surface area contributed by atoms with Crippen molar-refractivity contribution in [1.82, 2.24) is 0 Å². The Morgan fingerprint density at radius 1 is 1.13 bits per heavy atom. The summed E-state index contributed by atoms with van der Waals surface area (Å²) in [5.74, 6) is 2.06. The monoisotopic (exact) mass is 231 g/mol. The van der Waals surface area contributed by atoms with Gasteiger partial charge in [-0.2, -0.15) is 0 Å². The minimum Gasteiger partial charge on any atom is -1.00 e. The molecule has 2 N–H and O–H groups in total. The van der Waals surface area contributed by atoms with E-state index in [-0.39, 0.29) is 12.4 Å². The second kappa shape index (κ2) is 6.10. The van der Waals surface area contributed by atoms with Crippen molar-refractivity contribution in [2.24, 2.45) is 11.8 Å². The van der Waals surface area contributed by atoms with Gasteiger partial charge in [0.1, 0.15) is 0 Å². The molecule has 0 spiro atoms. The molecular formula is C13H26ClN. The number of fused-ring (bicyclic) bond motifs is 1. The van der Waals surface area contributed by atoms with Gasteiger partial charge in [0, 0.05) is 5.92 Å². The zero-order valence-corrected chi connectivity index (χ0v) is 11.0. The fourth-order valence-corrected chi connectivity index (χ4v) is 3.73. The maximum absolute atomic E-state index is 2.73. The molecule has 1 heterocycles. The van der Waals surface area contributed by atoms with Crippen LogP contribution in [0.5, 0.6) is 0 Å². The minimum atomic E-state index is 0. The highest BCUT2D eigenvalue weighted by molar-refractivity contribution is 4.82. The van der Waals surface area contributed by atoms with E-state index in [2.05, 4.69) is 19.2 Å². The van der Waals surface area contributed by atoms with E-state index in [9.17, 15) is 0 Å². The summed E-state index contributed by atoms with van der Waals surface area (Å²) in [4.78, 5) is 0. The largest absolute Gasteiger partial charge is 1.00 e. The van der Waals surface area contributed by atoms with Crippen molar-refractivity contribution in [2.75, 3.05) is 0 Å². The van der Waals surface area contributed by atoms with Crippen molar-refractivity contribution in [1.29, 1.82) is 0 Å². The van der Waals surface area contributed by atoms with E-state index in [0.717, 1.165) is 23.9 Å². The van der Waals surface area contributed by atoms with E-state index in [1.165, 1.54) is 44.9 Å². The van der Waals surface area contributed by atoms with E-state index >= 15 is 0 Å². The zero-order chi connectivity index (χ0) is 9.97. The molecule has 0 radical (unpaired) electrons. The molecule has 0 aromatic carbocycles. The molecule has 15 heavy (non-hydrogen) atoms. The Morgan fingerprint density at radius 3 is 2.67 bits per heavy atom. The highest BCUT2D eigenvalue weighted by Gasteiger charge is 2.38. The normalized spacial score (nSPS) is 40.4. The van der Waals surface area contributed by atoms with Crippen LogP contribution in [0.4, 0.5) is 0 Å². The van der Waals surface area contributed by atoms with Crippen molar-refractivity contribution in [2.45, 2.75) is 70.9 Å². The first-order valence-corrected chi connectivity index (χ1v) is 6.66. The molecule has 1 saturated carbocycles. The van der Waals surface area contributed by atoms with Crippen molar-refractivity contribution >= 4 is 0 Å². The van der Waals surface area contributed by atoms with E-state index in [0.29, 0.717) is 0 Å². The number of piperidine rings is 1. The Balaban J connectivity index is 0.00000112. The number of nitrogens with two attached hydrogens (primary N) is 1. The van der Waals surface area contributed by atoms with Crippen LogP contribution in [0, 0.1) is 11.8 Å². The van der Waals surface area contributed by atoms with Crippen molar-refractivity contribution in [3.63, 3.8) is 0 Å². The fourth-order valence-electron chi connectivity index (χ4n) is 3.73. The molecule has 2 aliphatic rings. The first kappa shape index (κ1) is 13.3. The van der Waals surface area contributed by atoms with Gasteiger partial charge in [-0.3, -0.25) is 0 Å². The van der Waals surface area contributed by atoms with Crippen LogP contribution in [0.15, 0.2) is 0 Å². The average molecular weight is 232 g/mol. The lowest BCUT2D eigenvalue weighted by Crippen LogP contribution is -3.00. The zero-order valence-electron chi connectivity index (χ0n) is 10.2. The van der Waals surface area contributed by atoms with Gasteiger partial charge in [-0.15, -0.1) is 0 Å². The minimum absolute atomic E-state index is 0. The Hall–Kier alpha value is 0.250. The highest BCUT2D eigenvalue weighted by Crippen LogP contribution is 2.34. The van der Waals surface area contributed by atoms with Crippen molar-refractivity contribution in [3.05, 3.63) is 0 Å². The van der Waals surface area contributed by atoms with Crippen LogP contribution in [0.2, 0.25) is 0 Å². The SMILES string of the molecule is CCC[C@H]1CC[C@H]2[C@H](C)CCC[C@H]2[NH2+]1.[Cl-]. The van der Waals surface area contributed by atoms with Gasteiger partial charge >= 0.3 is 0 Å². The standard InChI is InChI=1S/C13H25N.ClH/c1-3-5-11-8-9-12-10(2)6-4-7-13(12)14-11;/h10-14H,3-9H2,1-2H3;1H/t10-,11+,12+,13-;/m1./s1. The third kappa shape index (κ3) is 3.10. The number of rotatable bonds is 2. The Morgan fingerprint density at radius 2 is 1.93 bits per heavy atom. The predicted octanol–water partition coefficient (Wildman–Crippen LogP) is -0.679. The van der Waals surface area contributed by atoms with Crippen LogP contribution in [-0.4, -0.2) is 12.1 Å². The number of hydrogen-bond acceptors (Lipinski definition) is 0. The molecule has 0 unspecified atom stereocenters. The van der Waals surface area contributed by atoms with Gasteiger partial charge in [0.15, 0.2) is 0 Å². The molecule has 0 amide bonds. The summed E-state index contributed by atoms with van der Waals surface area (Å²) in [5.41, 5.74) is 0. The second-order valence-electron chi connectivity index (χ2n) is 5.55. The molecule has 1 aliphatic carbocycles. The van der Waals surface area contributed by atoms with Gasteiger partial charge in [0.25, 0.3) is 0 Å². The smallest absolute Gasteiger partial charge is 0.0892 e. The van der Waals surface area contributed by atoms with Gasteiger partial charge in [-0.05, 0) is 44.4 Å². The third-order valence-corrected chi connectivity index (χ3v) is 4.53. The maximum Gasteiger partial charge on any atom is 0.0892 e. The second-order valence-corrected chi connectivity index (χ2v) is 5.55. The van der Waals surface area contributed by atoms with Crippen molar-refractivity contribution in [3.8, 4) is 0 Å². The number of quaternary nitrogens is 1. The van der Waals surface area contributed by atoms with Crippen LogP contribution >= 0.6 is 0 Å². The lowest BCUT2D eigenvalue weighted by atomic mass is 9.71. The third-order valence-electron chi connectivity index (χ3n) is 4.53. The lowest BCUT2D eigenvalue weighted by molar-refractivity contribution is -0.740. The maximum atomic E-state index is 2.73. The van der Waals surface area contributed by atoms with Crippen molar-refractivity contribution < 1.29 is 17.7 Å². The molecule has 1 saturated heterocycles. The molecule has 2 fully saturated rings. The first-order valence-electron chi connectivity index (χ1n) is 6.66. The lowest BCUT2D eigenvalue weighted by Gasteiger charge is -2.40. The van der Waals surface area contributed by atoms with E-state index < -0.39 is 0 Å². The molecule has 0 aromatic heterocycles. The molecule has 4 atom stereocenters. The molecule has 2 heteroatoms. The average Bonchev–Trinajstić information content (AvgIpc) is 2.18. The molecule has 0 bridgehead atoms. The van der Waals surface area contributed by atoms with Crippen LogP contribution in [0.25, 0.3) is 0 Å². The Labute approximate surface area is 101 Å².